The molecule has 1 aliphatic rings. The second-order valence-electron chi connectivity index (χ2n) is 6.01. The maximum absolute atomic E-state index is 11.6. The van der Waals surface area contributed by atoms with Crippen LogP contribution >= 0.6 is 0 Å². The molecule has 0 saturated heterocycles. The van der Waals surface area contributed by atoms with E-state index in [2.05, 4.69) is 0 Å². The highest BCUT2D eigenvalue weighted by Crippen LogP contribution is 2.25. The quantitative estimate of drug-likeness (QED) is 0.357. The van der Waals surface area contributed by atoms with Gasteiger partial charge in [-0.2, -0.15) is 0 Å². The molecule has 1 atom stereocenters. The Morgan fingerprint density at radius 3 is 2.29 bits per heavy atom. The molecule has 148 valence electrons. The molecular weight excluding hydrogens is 364 g/mol. The predicted molar refractivity (Wildman–Crippen MR) is 102 cm³/mol. The molecule has 1 aliphatic carbocycles. The molecule has 1 unspecified atom stereocenters. The first-order chi connectivity index (χ1) is 13.4. The lowest BCUT2D eigenvalue weighted by Gasteiger charge is -2.10. The molecular formula is C21H22O7. The van der Waals surface area contributed by atoms with E-state index in [0.29, 0.717) is 5.56 Å². The number of hydrogen-bond donors (Lipinski definition) is 3. The van der Waals surface area contributed by atoms with Crippen molar-refractivity contribution in [3.63, 3.8) is 0 Å². The molecule has 1 aromatic rings. The first-order valence-corrected chi connectivity index (χ1v) is 8.70. The average Bonchev–Trinajstić information content (AvgIpc) is 2.70. The van der Waals surface area contributed by atoms with Gasteiger partial charge in [0.1, 0.15) is 19.3 Å². The van der Waals surface area contributed by atoms with Gasteiger partial charge in [0, 0.05) is 12.2 Å². The van der Waals surface area contributed by atoms with Crippen molar-refractivity contribution in [3.05, 3.63) is 65.8 Å². The maximum Gasteiger partial charge on any atom is 0.330 e. The molecule has 0 amide bonds. The van der Waals surface area contributed by atoms with Gasteiger partial charge in [-0.3, -0.25) is 0 Å². The standard InChI is InChI=1S/C21H22O7/c22-17(13-27-20(25)10-7-15-4-2-1-3-5-15)14-28-21(26)11-8-16-6-9-18(23)19(24)12-16/h2,4-12,17,22-24H,1,3,13-14H2/b10-7+,11-8+. The molecule has 7 nitrogen and oxygen atoms in total. The fourth-order valence-corrected chi connectivity index (χ4v) is 2.23. The van der Waals surface area contributed by atoms with Gasteiger partial charge in [0.05, 0.1) is 0 Å². The Morgan fingerprint density at radius 2 is 1.68 bits per heavy atom. The summed E-state index contributed by atoms with van der Waals surface area (Å²) in [4.78, 5) is 23.2. The number of carbonyl (C=O) groups excluding carboxylic acids is 2. The number of esters is 2. The van der Waals surface area contributed by atoms with Gasteiger partial charge in [-0.25, -0.2) is 9.59 Å². The predicted octanol–water partition coefficient (Wildman–Crippen LogP) is 2.39. The number of ether oxygens (including phenoxy) is 2. The lowest BCUT2D eigenvalue weighted by molar-refractivity contribution is -0.146. The maximum atomic E-state index is 11.6. The molecule has 0 radical (unpaired) electrons. The minimum Gasteiger partial charge on any atom is -0.504 e. The molecule has 7 heteroatoms. The monoisotopic (exact) mass is 386 g/mol. The van der Waals surface area contributed by atoms with Gasteiger partial charge in [0.25, 0.3) is 0 Å². The van der Waals surface area contributed by atoms with Crippen molar-refractivity contribution in [2.45, 2.75) is 18.9 Å². The van der Waals surface area contributed by atoms with Crippen LogP contribution in [0.3, 0.4) is 0 Å². The summed E-state index contributed by atoms with van der Waals surface area (Å²) in [5, 5.41) is 28.3. The van der Waals surface area contributed by atoms with E-state index >= 15 is 0 Å². The van der Waals surface area contributed by atoms with Crippen molar-refractivity contribution < 1.29 is 34.4 Å². The van der Waals surface area contributed by atoms with E-state index in [4.69, 9.17) is 9.47 Å². The SMILES string of the molecule is O=C(/C=C/C1=CCCC=C1)OCC(O)COC(=O)/C=C/c1ccc(O)c(O)c1. The van der Waals surface area contributed by atoms with Crippen molar-refractivity contribution in [1.29, 1.82) is 0 Å². The number of rotatable bonds is 8. The number of aliphatic hydroxyl groups is 1. The van der Waals surface area contributed by atoms with Gasteiger partial charge in [-0.1, -0.05) is 24.3 Å². The van der Waals surface area contributed by atoms with Crippen molar-refractivity contribution in [2.24, 2.45) is 0 Å². The van der Waals surface area contributed by atoms with Crippen LogP contribution in [0.25, 0.3) is 6.08 Å². The zero-order valence-corrected chi connectivity index (χ0v) is 15.2. The molecule has 28 heavy (non-hydrogen) atoms. The fourth-order valence-electron chi connectivity index (χ4n) is 2.23. The highest BCUT2D eigenvalue weighted by atomic mass is 16.6. The molecule has 0 spiro atoms. The Bertz CT molecular complexity index is 818. The summed E-state index contributed by atoms with van der Waals surface area (Å²) >= 11 is 0. The first kappa shape index (κ1) is 21.0. The number of aliphatic hydroxyl groups excluding tert-OH is 1. The number of benzene rings is 1. The molecule has 0 aliphatic heterocycles. The van der Waals surface area contributed by atoms with Gasteiger partial charge in [-0.05, 0) is 48.3 Å². The minimum absolute atomic E-state index is 0.265. The van der Waals surface area contributed by atoms with Crippen LogP contribution in [0.15, 0.2) is 60.2 Å². The van der Waals surface area contributed by atoms with Crippen molar-refractivity contribution >= 4 is 18.0 Å². The first-order valence-electron chi connectivity index (χ1n) is 8.70. The summed E-state index contributed by atoms with van der Waals surface area (Å²) in [6, 6.07) is 4.06. The summed E-state index contributed by atoms with van der Waals surface area (Å²) in [6.07, 6.45) is 12.1. The molecule has 0 bridgehead atoms. The van der Waals surface area contributed by atoms with E-state index in [9.17, 15) is 24.9 Å². The third-order valence-electron chi connectivity index (χ3n) is 3.68. The Balaban J connectivity index is 1.68. The molecule has 3 N–H and O–H groups in total. The normalized spacial score (nSPS) is 14.8. The molecule has 0 fully saturated rings. The van der Waals surface area contributed by atoms with Gasteiger partial charge in [0.2, 0.25) is 0 Å². The summed E-state index contributed by atoms with van der Waals surface area (Å²) in [5.74, 6) is -1.89. The number of carbonyl (C=O) groups is 2. The number of hydrogen-bond acceptors (Lipinski definition) is 7. The molecule has 0 aromatic heterocycles. The topological polar surface area (TPSA) is 113 Å². The van der Waals surface area contributed by atoms with Crippen LogP contribution in [0.2, 0.25) is 0 Å². The Hall–Kier alpha value is -3.32. The molecule has 2 rings (SSSR count). The summed E-state index contributed by atoms with van der Waals surface area (Å²) in [5.41, 5.74) is 1.41. The van der Waals surface area contributed by atoms with Crippen LogP contribution in [0, 0.1) is 0 Å². The number of phenolic OH excluding ortho intramolecular Hbond substituents is 2. The van der Waals surface area contributed by atoms with E-state index in [1.54, 1.807) is 6.08 Å². The number of aromatic hydroxyl groups is 2. The second-order valence-corrected chi connectivity index (χ2v) is 6.01. The highest BCUT2D eigenvalue weighted by molar-refractivity contribution is 5.87. The van der Waals surface area contributed by atoms with Crippen molar-refractivity contribution in [3.8, 4) is 11.5 Å². The molecule has 1 aromatic carbocycles. The Labute approximate surface area is 162 Å². The summed E-state index contributed by atoms with van der Waals surface area (Å²) in [6.45, 7) is -0.643. The van der Waals surface area contributed by atoms with Crippen LogP contribution in [0.5, 0.6) is 11.5 Å². The summed E-state index contributed by atoms with van der Waals surface area (Å²) in [7, 11) is 0. The van der Waals surface area contributed by atoms with Crippen LogP contribution in [0.1, 0.15) is 18.4 Å². The smallest absolute Gasteiger partial charge is 0.330 e. The largest absolute Gasteiger partial charge is 0.504 e. The van der Waals surface area contributed by atoms with E-state index in [-0.39, 0.29) is 24.7 Å². The van der Waals surface area contributed by atoms with Crippen LogP contribution in [0.4, 0.5) is 0 Å². The van der Waals surface area contributed by atoms with Crippen molar-refractivity contribution in [1.82, 2.24) is 0 Å². The third kappa shape index (κ3) is 7.51. The highest BCUT2D eigenvalue weighted by Gasteiger charge is 2.10. The fraction of sp³-hybridized carbons (Fsp3) is 0.238. The molecule has 0 saturated carbocycles. The van der Waals surface area contributed by atoms with Crippen LogP contribution in [-0.4, -0.2) is 46.6 Å². The second kappa shape index (κ2) is 10.7. The lowest BCUT2D eigenvalue weighted by Crippen LogP contribution is -2.24. The lowest BCUT2D eigenvalue weighted by atomic mass is 10.1. The number of allylic oxidation sites excluding steroid dienone is 5. The average molecular weight is 386 g/mol. The third-order valence-corrected chi connectivity index (χ3v) is 3.68. The zero-order chi connectivity index (χ0) is 20.4. The Morgan fingerprint density at radius 1 is 1.00 bits per heavy atom. The van der Waals surface area contributed by atoms with Gasteiger partial charge in [-0.15, -0.1) is 0 Å². The van der Waals surface area contributed by atoms with Crippen LogP contribution in [-0.2, 0) is 19.1 Å². The van der Waals surface area contributed by atoms with Gasteiger partial charge >= 0.3 is 11.9 Å². The summed E-state index contributed by atoms with van der Waals surface area (Å²) < 4.78 is 9.74. The number of phenols is 2. The van der Waals surface area contributed by atoms with E-state index < -0.39 is 18.0 Å². The van der Waals surface area contributed by atoms with Gasteiger partial charge < -0.3 is 24.8 Å². The van der Waals surface area contributed by atoms with Crippen LogP contribution < -0.4 is 0 Å². The van der Waals surface area contributed by atoms with Crippen molar-refractivity contribution in [2.75, 3.05) is 13.2 Å². The van der Waals surface area contributed by atoms with E-state index in [0.717, 1.165) is 24.5 Å². The minimum atomic E-state index is -1.15. The van der Waals surface area contributed by atoms with E-state index in [1.807, 2.05) is 18.2 Å². The van der Waals surface area contributed by atoms with Gasteiger partial charge in [0.15, 0.2) is 11.5 Å². The molecule has 0 heterocycles. The van der Waals surface area contributed by atoms with E-state index in [1.165, 1.54) is 30.4 Å². The Kier molecular flexibility index (Phi) is 8.05. The zero-order valence-electron chi connectivity index (χ0n) is 15.2.